The summed E-state index contributed by atoms with van der Waals surface area (Å²) in [5.41, 5.74) is 1.88. The van der Waals surface area contributed by atoms with Gasteiger partial charge in [-0.1, -0.05) is 60.7 Å². The molecule has 0 aromatic heterocycles. The lowest BCUT2D eigenvalue weighted by atomic mass is 10.1. The summed E-state index contributed by atoms with van der Waals surface area (Å²) in [7, 11) is 1.55. The minimum Gasteiger partial charge on any atom is -0.468 e. The first-order chi connectivity index (χ1) is 30.5. The van der Waals surface area contributed by atoms with Crippen molar-refractivity contribution in [3.8, 4) is 11.5 Å². The zero-order chi connectivity index (χ0) is 45.2. The van der Waals surface area contributed by atoms with Crippen LogP contribution in [0.3, 0.4) is 0 Å². The van der Waals surface area contributed by atoms with Crippen LogP contribution in [-0.4, -0.2) is 116 Å². The van der Waals surface area contributed by atoms with E-state index in [0.29, 0.717) is 34.8 Å². The molecular formula is C48H60O15. The van der Waals surface area contributed by atoms with Crippen LogP contribution < -0.4 is 9.47 Å². The van der Waals surface area contributed by atoms with Gasteiger partial charge < -0.3 is 56.8 Å². The first-order valence-electron chi connectivity index (χ1n) is 20.8. The van der Waals surface area contributed by atoms with Gasteiger partial charge in [0.25, 0.3) is 0 Å². The summed E-state index contributed by atoms with van der Waals surface area (Å²) in [6.45, 7) is 10.3. The molecule has 0 amide bonds. The molecule has 0 radical (unpaired) electrons. The second kappa shape index (κ2) is 28.3. The van der Waals surface area contributed by atoms with Crippen LogP contribution in [0.1, 0.15) is 77.4 Å². The third-order valence-electron chi connectivity index (χ3n) is 8.83. The molecule has 4 aromatic rings. The Bertz CT molecular complexity index is 1910. The van der Waals surface area contributed by atoms with Gasteiger partial charge in [-0.25, -0.2) is 14.4 Å². The Labute approximate surface area is 369 Å². The molecule has 15 heteroatoms. The lowest BCUT2D eigenvalue weighted by molar-refractivity contribution is -0.0880. The highest BCUT2D eigenvalue weighted by Crippen LogP contribution is 2.23. The van der Waals surface area contributed by atoms with Crippen molar-refractivity contribution in [2.24, 2.45) is 0 Å². The van der Waals surface area contributed by atoms with Crippen molar-refractivity contribution in [2.45, 2.75) is 71.2 Å². The van der Waals surface area contributed by atoms with E-state index in [-0.39, 0.29) is 71.7 Å². The van der Waals surface area contributed by atoms with E-state index in [1.54, 1.807) is 93.8 Å². The quantitative estimate of drug-likeness (QED) is 0.0218. The van der Waals surface area contributed by atoms with E-state index in [9.17, 15) is 14.4 Å². The highest BCUT2D eigenvalue weighted by molar-refractivity contribution is 5.90. The van der Waals surface area contributed by atoms with Gasteiger partial charge in [-0.15, -0.1) is 0 Å². The molecule has 6 atom stereocenters. The van der Waals surface area contributed by atoms with Gasteiger partial charge in [-0.05, 0) is 88.7 Å². The lowest BCUT2D eigenvalue weighted by Gasteiger charge is -2.21. The van der Waals surface area contributed by atoms with Gasteiger partial charge in [0.1, 0.15) is 30.5 Å². The molecule has 0 fully saturated rings. The Balaban J connectivity index is 1.09. The molecule has 4 aromatic carbocycles. The zero-order valence-corrected chi connectivity index (χ0v) is 36.8. The Morgan fingerprint density at radius 2 is 0.889 bits per heavy atom. The van der Waals surface area contributed by atoms with Crippen LogP contribution in [0.4, 0.5) is 0 Å². The minimum atomic E-state index is -0.646. The molecule has 0 heterocycles. The summed E-state index contributed by atoms with van der Waals surface area (Å²) >= 11 is 0. The fraction of sp³-hybridized carbons (Fsp3) is 0.438. The largest absolute Gasteiger partial charge is 0.468 e. The van der Waals surface area contributed by atoms with Crippen molar-refractivity contribution in [2.75, 3.05) is 67.1 Å². The predicted octanol–water partition coefficient (Wildman–Crippen LogP) is 7.62. The summed E-state index contributed by atoms with van der Waals surface area (Å²) in [6, 6.07) is 31.3. The van der Waals surface area contributed by atoms with Crippen LogP contribution in [0.2, 0.25) is 0 Å². The van der Waals surface area contributed by atoms with E-state index < -0.39 is 36.2 Å². The third kappa shape index (κ3) is 19.7. The molecule has 0 spiro atoms. The molecule has 0 N–H and O–H groups in total. The van der Waals surface area contributed by atoms with Crippen molar-refractivity contribution in [3.63, 3.8) is 0 Å². The van der Waals surface area contributed by atoms with Gasteiger partial charge in [0, 0.05) is 7.11 Å². The number of carbonyl (C=O) groups is 3. The van der Waals surface area contributed by atoms with E-state index in [1.807, 2.05) is 57.2 Å². The maximum absolute atomic E-state index is 13.2. The van der Waals surface area contributed by atoms with E-state index in [0.717, 1.165) is 5.56 Å². The molecule has 0 aliphatic rings. The maximum Gasteiger partial charge on any atom is 0.338 e. The second-order valence-electron chi connectivity index (χ2n) is 14.6. The zero-order valence-electron chi connectivity index (χ0n) is 36.8. The topological polar surface area (TPSA) is 162 Å². The number of methoxy groups -OCH3 is 1. The molecule has 0 bridgehead atoms. The molecule has 0 saturated carbocycles. The summed E-state index contributed by atoms with van der Waals surface area (Å²) in [5, 5.41) is 0. The maximum atomic E-state index is 13.2. The van der Waals surface area contributed by atoms with Crippen molar-refractivity contribution in [1.82, 2.24) is 0 Å². The molecule has 342 valence electrons. The third-order valence-corrected chi connectivity index (χ3v) is 8.83. The number of hydrogen-bond donors (Lipinski definition) is 0. The molecular weight excluding hydrogens is 817 g/mol. The SMILES string of the molecule is COCOCC(C)OCC(OC(=O)c1cccc(OCOCC(C)OCC(C)OC(=O)c2cccc(OCOC(C)COCC(C)OC(=O)c3ccccc3)c2)c1)c1ccccc1. The Morgan fingerprint density at radius 3 is 1.51 bits per heavy atom. The number of ether oxygens (including phenoxy) is 12. The van der Waals surface area contributed by atoms with Gasteiger partial charge in [-0.2, -0.15) is 0 Å². The Morgan fingerprint density at radius 1 is 0.429 bits per heavy atom. The normalized spacial score (nSPS) is 14.1. The standard InChI is InChI=1S/C48H60O15/c1-34(27-55-32-59-43-21-14-20-42(24-43)48(51)63-45(39-15-9-7-10-16-39)30-57-35(2)26-54-31-52-6)56-29-38(5)62-47(50)41-19-13-22-44(23-41)60-33-58-36(3)25-53-28-37(4)61-46(49)40-17-11-8-12-18-40/h7-24,34-38,45H,25-33H2,1-6H3. The van der Waals surface area contributed by atoms with Gasteiger partial charge in [0.2, 0.25) is 0 Å². The lowest BCUT2D eigenvalue weighted by Crippen LogP contribution is -2.26. The van der Waals surface area contributed by atoms with Crippen molar-refractivity contribution in [3.05, 3.63) is 131 Å². The van der Waals surface area contributed by atoms with Crippen molar-refractivity contribution in [1.29, 1.82) is 0 Å². The molecule has 0 aliphatic heterocycles. The first-order valence-corrected chi connectivity index (χ1v) is 20.8. The fourth-order valence-corrected chi connectivity index (χ4v) is 5.57. The molecule has 63 heavy (non-hydrogen) atoms. The van der Waals surface area contributed by atoms with Gasteiger partial charge >= 0.3 is 17.9 Å². The summed E-state index contributed by atoms with van der Waals surface area (Å²) in [4.78, 5) is 38.3. The molecule has 0 saturated heterocycles. The van der Waals surface area contributed by atoms with Crippen molar-refractivity contribution >= 4 is 17.9 Å². The van der Waals surface area contributed by atoms with E-state index in [4.69, 9.17) is 56.8 Å². The number of benzene rings is 4. The van der Waals surface area contributed by atoms with Gasteiger partial charge in [0.15, 0.2) is 19.7 Å². The molecule has 0 aliphatic carbocycles. The smallest absolute Gasteiger partial charge is 0.338 e. The first kappa shape index (κ1) is 50.3. The van der Waals surface area contributed by atoms with E-state index >= 15 is 0 Å². The predicted molar refractivity (Wildman–Crippen MR) is 231 cm³/mol. The van der Waals surface area contributed by atoms with Gasteiger partial charge in [-0.3, -0.25) is 0 Å². The number of esters is 3. The van der Waals surface area contributed by atoms with Crippen LogP contribution in [0, 0.1) is 0 Å². The number of hydrogen-bond acceptors (Lipinski definition) is 15. The highest BCUT2D eigenvalue weighted by atomic mass is 16.7. The monoisotopic (exact) mass is 876 g/mol. The van der Waals surface area contributed by atoms with Crippen LogP contribution in [0.15, 0.2) is 109 Å². The number of carbonyl (C=O) groups excluding carboxylic acids is 3. The summed E-state index contributed by atoms with van der Waals surface area (Å²) in [6.07, 6.45) is -2.52. The van der Waals surface area contributed by atoms with Crippen LogP contribution in [0.5, 0.6) is 11.5 Å². The van der Waals surface area contributed by atoms with Crippen LogP contribution in [-0.2, 0) is 47.4 Å². The molecule has 15 nitrogen and oxygen atoms in total. The molecule has 4 rings (SSSR count). The Kier molecular flexibility index (Phi) is 22.6. The summed E-state index contributed by atoms with van der Waals surface area (Å²) in [5.74, 6) is -0.632. The molecule has 6 unspecified atom stereocenters. The van der Waals surface area contributed by atoms with Crippen LogP contribution >= 0.6 is 0 Å². The number of rotatable bonds is 30. The van der Waals surface area contributed by atoms with Crippen LogP contribution in [0.25, 0.3) is 0 Å². The van der Waals surface area contributed by atoms with Crippen molar-refractivity contribution < 1.29 is 71.2 Å². The average molecular weight is 877 g/mol. The highest BCUT2D eigenvalue weighted by Gasteiger charge is 2.21. The summed E-state index contributed by atoms with van der Waals surface area (Å²) < 4.78 is 67.3. The average Bonchev–Trinajstić information content (AvgIpc) is 3.29. The van der Waals surface area contributed by atoms with E-state index in [2.05, 4.69) is 0 Å². The van der Waals surface area contributed by atoms with E-state index in [1.165, 1.54) is 0 Å². The van der Waals surface area contributed by atoms with Gasteiger partial charge in [0.05, 0.1) is 74.6 Å². The Hall–Kier alpha value is -5.39. The fourth-order valence-electron chi connectivity index (χ4n) is 5.57. The second-order valence-corrected chi connectivity index (χ2v) is 14.6. The minimum absolute atomic E-state index is 0.0725.